The van der Waals surface area contributed by atoms with Crippen molar-refractivity contribution in [1.29, 1.82) is 0 Å². The molecule has 0 aliphatic carbocycles. The van der Waals surface area contributed by atoms with Gasteiger partial charge in [0.25, 0.3) is 0 Å². The minimum atomic E-state index is 0. The second-order valence-corrected chi connectivity index (χ2v) is 1.52. The van der Waals surface area contributed by atoms with Crippen molar-refractivity contribution in [2.75, 3.05) is 7.11 Å². The first-order valence-corrected chi connectivity index (χ1v) is 2.52. The van der Waals surface area contributed by atoms with Crippen LogP contribution >= 0.6 is 0 Å². The zero-order valence-electron chi connectivity index (χ0n) is 5.50. The van der Waals surface area contributed by atoms with Gasteiger partial charge in [-0.25, -0.2) is 0 Å². The second-order valence-electron chi connectivity index (χ2n) is 1.52. The topological polar surface area (TPSA) is 9.23 Å². The third kappa shape index (κ3) is 2.84. The molecule has 0 unspecified atom stereocenters. The van der Waals surface area contributed by atoms with Crippen molar-refractivity contribution in [2.24, 2.45) is 0 Å². The normalized spacial score (nSPS) is 7.67. The summed E-state index contributed by atoms with van der Waals surface area (Å²) in [6.07, 6.45) is 0. The maximum atomic E-state index is 4.91. The Morgan fingerprint density at radius 3 is 2.00 bits per heavy atom. The Labute approximate surface area is 75.2 Å². The van der Waals surface area contributed by atoms with E-state index >= 15 is 0 Å². The molecule has 1 aromatic rings. The summed E-state index contributed by atoms with van der Waals surface area (Å²) in [6, 6.07) is 9.68. The van der Waals surface area contributed by atoms with E-state index in [-0.39, 0.29) is 27.3 Å². The Morgan fingerprint density at radius 1 is 1.11 bits per heavy atom. The SMILES string of the molecule is COc1ccccc1.[PbH2]. The molecule has 0 heterocycles. The van der Waals surface area contributed by atoms with Crippen molar-refractivity contribution in [3.8, 4) is 5.75 Å². The predicted octanol–water partition coefficient (Wildman–Crippen LogP) is 0.779. The van der Waals surface area contributed by atoms with Crippen LogP contribution in [0.15, 0.2) is 30.3 Å². The molecule has 0 saturated carbocycles. The summed E-state index contributed by atoms with van der Waals surface area (Å²) in [7, 11) is 1.66. The predicted molar refractivity (Wildman–Crippen MR) is 41.5 cm³/mol. The fourth-order valence-corrected chi connectivity index (χ4v) is 0.557. The third-order valence-corrected chi connectivity index (χ3v) is 0.979. The van der Waals surface area contributed by atoms with Gasteiger partial charge in [-0.3, -0.25) is 0 Å². The number of ether oxygens (including phenoxy) is 1. The number of rotatable bonds is 1. The summed E-state index contributed by atoms with van der Waals surface area (Å²) in [6.45, 7) is 0. The number of methoxy groups -OCH3 is 1. The van der Waals surface area contributed by atoms with E-state index in [4.69, 9.17) is 4.74 Å². The standard InChI is InChI=1S/C7H8O.Pb.2H/c1-8-7-5-3-2-4-6-7;;;/h2-6H,1H3;;;. The Hall–Kier alpha value is -0.0579. The van der Waals surface area contributed by atoms with Crippen molar-refractivity contribution in [3.05, 3.63) is 30.3 Å². The van der Waals surface area contributed by atoms with Gasteiger partial charge in [-0.15, -0.1) is 0 Å². The fraction of sp³-hybridized carbons (Fsp3) is 0.143. The van der Waals surface area contributed by atoms with Crippen LogP contribution in [-0.2, 0) is 0 Å². The summed E-state index contributed by atoms with van der Waals surface area (Å²) in [5, 5.41) is 0. The van der Waals surface area contributed by atoms with Crippen molar-refractivity contribution >= 4 is 27.3 Å². The first-order valence-electron chi connectivity index (χ1n) is 2.52. The second kappa shape index (κ2) is 4.79. The van der Waals surface area contributed by atoms with Crippen molar-refractivity contribution in [3.63, 3.8) is 0 Å². The molecular weight excluding hydrogens is 307 g/mol. The van der Waals surface area contributed by atoms with E-state index in [9.17, 15) is 0 Å². The van der Waals surface area contributed by atoms with Crippen molar-refractivity contribution in [1.82, 2.24) is 0 Å². The molecule has 0 saturated heterocycles. The van der Waals surface area contributed by atoms with Crippen LogP contribution < -0.4 is 4.74 Å². The van der Waals surface area contributed by atoms with Crippen LogP contribution in [0.3, 0.4) is 0 Å². The summed E-state index contributed by atoms with van der Waals surface area (Å²) in [5.41, 5.74) is 0. The zero-order chi connectivity index (χ0) is 5.82. The van der Waals surface area contributed by atoms with Gasteiger partial charge in [0.05, 0.1) is 7.11 Å². The van der Waals surface area contributed by atoms with Crippen molar-refractivity contribution in [2.45, 2.75) is 0 Å². The first-order chi connectivity index (χ1) is 3.93. The molecule has 0 spiro atoms. The zero-order valence-corrected chi connectivity index (χ0v) is 11.0. The monoisotopic (exact) mass is 318 g/mol. The molecular formula is C7H10OPb. The first kappa shape index (κ1) is 8.94. The molecule has 0 aromatic heterocycles. The molecule has 0 fully saturated rings. The van der Waals surface area contributed by atoms with Crippen LogP contribution in [0.5, 0.6) is 5.75 Å². The van der Waals surface area contributed by atoms with Gasteiger partial charge in [-0.05, 0) is 12.1 Å². The molecule has 0 N–H and O–H groups in total. The van der Waals surface area contributed by atoms with E-state index in [2.05, 4.69) is 0 Å². The summed E-state index contributed by atoms with van der Waals surface area (Å²) >= 11 is 0. The molecule has 48 valence electrons. The van der Waals surface area contributed by atoms with Gasteiger partial charge >= 0.3 is 27.3 Å². The maximum absolute atomic E-state index is 4.91. The molecule has 0 aliphatic heterocycles. The number of hydrogen-bond acceptors (Lipinski definition) is 1. The Morgan fingerprint density at radius 2 is 1.67 bits per heavy atom. The van der Waals surface area contributed by atoms with E-state index in [0.29, 0.717) is 0 Å². The number of hydrogen-bond donors (Lipinski definition) is 0. The van der Waals surface area contributed by atoms with Crippen LogP contribution in [-0.4, -0.2) is 34.4 Å². The molecule has 0 aliphatic rings. The van der Waals surface area contributed by atoms with Gasteiger partial charge in [-0.2, -0.15) is 0 Å². The molecule has 2 radical (unpaired) electrons. The van der Waals surface area contributed by atoms with Crippen LogP contribution in [0.2, 0.25) is 0 Å². The van der Waals surface area contributed by atoms with Crippen LogP contribution in [0.25, 0.3) is 0 Å². The quantitative estimate of drug-likeness (QED) is 0.696. The van der Waals surface area contributed by atoms with E-state index in [1.54, 1.807) is 7.11 Å². The summed E-state index contributed by atoms with van der Waals surface area (Å²) in [4.78, 5) is 0. The van der Waals surface area contributed by atoms with Crippen molar-refractivity contribution < 1.29 is 4.74 Å². The van der Waals surface area contributed by atoms with Gasteiger partial charge in [0.15, 0.2) is 0 Å². The van der Waals surface area contributed by atoms with Crippen LogP contribution in [0, 0.1) is 0 Å². The van der Waals surface area contributed by atoms with E-state index < -0.39 is 0 Å². The molecule has 9 heavy (non-hydrogen) atoms. The third-order valence-electron chi connectivity index (χ3n) is 0.979. The van der Waals surface area contributed by atoms with Gasteiger partial charge in [0, 0.05) is 0 Å². The molecule has 0 atom stereocenters. The molecule has 0 bridgehead atoms. The Balaban J connectivity index is 0.000000640. The summed E-state index contributed by atoms with van der Waals surface area (Å²) in [5.74, 6) is 0.910. The average Bonchev–Trinajstić information content (AvgIpc) is 1.90. The Kier molecular flexibility index (Phi) is 4.76. The van der Waals surface area contributed by atoms with E-state index in [1.165, 1.54) is 0 Å². The fourth-order valence-electron chi connectivity index (χ4n) is 0.557. The summed E-state index contributed by atoms with van der Waals surface area (Å²) < 4.78 is 4.91. The van der Waals surface area contributed by atoms with Gasteiger partial charge in [0.2, 0.25) is 0 Å². The van der Waals surface area contributed by atoms with E-state index in [1.807, 2.05) is 30.3 Å². The average molecular weight is 317 g/mol. The van der Waals surface area contributed by atoms with Crippen LogP contribution in [0.1, 0.15) is 0 Å². The molecule has 1 rings (SSSR count). The van der Waals surface area contributed by atoms with Gasteiger partial charge in [0.1, 0.15) is 5.75 Å². The number of benzene rings is 1. The molecule has 1 aromatic carbocycles. The molecule has 0 amide bonds. The van der Waals surface area contributed by atoms with Gasteiger partial charge in [-0.1, -0.05) is 18.2 Å². The molecule has 2 heteroatoms. The van der Waals surface area contributed by atoms with Gasteiger partial charge < -0.3 is 4.74 Å². The van der Waals surface area contributed by atoms with E-state index in [0.717, 1.165) is 5.75 Å². The number of para-hydroxylation sites is 1. The Bertz CT molecular complexity index is 150. The molecule has 1 nitrogen and oxygen atoms in total. The minimum absolute atomic E-state index is 0. The van der Waals surface area contributed by atoms with Crippen LogP contribution in [0.4, 0.5) is 0 Å².